The summed E-state index contributed by atoms with van der Waals surface area (Å²) >= 11 is 0. The smallest absolute Gasteiger partial charge is 0.171 e. The molecule has 114 valence electrons. The first-order valence-corrected chi connectivity index (χ1v) is 7.32. The van der Waals surface area contributed by atoms with E-state index in [1.165, 1.54) is 5.57 Å². The fraction of sp³-hybridized carbons (Fsp3) is 0.765. The van der Waals surface area contributed by atoms with E-state index in [4.69, 9.17) is 14.2 Å². The molecule has 0 radical (unpaired) electrons. The summed E-state index contributed by atoms with van der Waals surface area (Å²) in [6.07, 6.45) is 8.09. The summed E-state index contributed by atoms with van der Waals surface area (Å²) < 4.78 is 17.6. The van der Waals surface area contributed by atoms with Gasteiger partial charge < -0.3 is 14.2 Å². The van der Waals surface area contributed by atoms with Gasteiger partial charge in [-0.05, 0) is 26.8 Å². The van der Waals surface area contributed by atoms with Crippen molar-refractivity contribution in [1.29, 1.82) is 0 Å². The Bertz CT molecular complexity index is 445. The van der Waals surface area contributed by atoms with Crippen LogP contribution >= 0.6 is 0 Å². The molecule has 1 saturated heterocycles. The van der Waals surface area contributed by atoms with Crippen LogP contribution in [0, 0.1) is 5.41 Å². The molecule has 0 spiro atoms. The largest absolute Gasteiger partial charge is 0.358 e. The molecule has 2 rings (SSSR count). The van der Waals surface area contributed by atoms with Gasteiger partial charge in [-0.15, -0.1) is 0 Å². The molecule has 3 nitrogen and oxygen atoms in total. The van der Waals surface area contributed by atoms with Gasteiger partial charge in [0.25, 0.3) is 0 Å². The van der Waals surface area contributed by atoms with Crippen molar-refractivity contribution in [1.82, 2.24) is 0 Å². The third kappa shape index (κ3) is 2.07. The summed E-state index contributed by atoms with van der Waals surface area (Å²) in [4.78, 5) is 0. The van der Waals surface area contributed by atoms with Gasteiger partial charge in [0, 0.05) is 32.5 Å². The highest BCUT2D eigenvalue weighted by Gasteiger charge is 2.77. The minimum atomic E-state index is -0.540. The number of rotatable bonds is 4. The Labute approximate surface area is 123 Å². The molecule has 2 atom stereocenters. The van der Waals surface area contributed by atoms with Gasteiger partial charge in [-0.3, -0.25) is 0 Å². The monoisotopic (exact) mass is 280 g/mol. The molecule has 20 heavy (non-hydrogen) atoms. The lowest BCUT2D eigenvalue weighted by molar-refractivity contribution is -0.243. The zero-order valence-electron chi connectivity index (χ0n) is 13.9. The van der Waals surface area contributed by atoms with Crippen molar-refractivity contribution in [3.63, 3.8) is 0 Å². The minimum Gasteiger partial charge on any atom is -0.358 e. The van der Waals surface area contributed by atoms with Crippen molar-refractivity contribution in [2.75, 3.05) is 14.2 Å². The third-order valence-corrected chi connectivity index (χ3v) is 5.23. The molecule has 2 fully saturated rings. The summed E-state index contributed by atoms with van der Waals surface area (Å²) in [6.45, 7) is 10.8. The van der Waals surface area contributed by atoms with Crippen molar-refractivity contribution in [3.8, 4) is 0 Å². The van der Waals surface area contributed by atoms with E-state index < -0.39 is 5.79 Å². The number of allylic oxidation sites excluding steroid dienone is 3. The summed E-state index contributed by atoms with van der Waals surface area (Å²) in [5.41, 5.74) is 0.774. The first kappa shape index (κ1) is 15.7. The maximum absolute atomic E-state index is 6.25. The van der Waals surface area contributed by atoms with Crippen LogP contribution in [-0.2, 0) is 14.2 Å². The van der Waals surface area contributed by atoms with E-state index in [0.29, 0.717) is 0 Å². The van der Waals surface area contributed by atoms with Crippen LogP contribution in [0.25, 0.3) is 0 Å². The van der Waals surface area contributed by atoms with Gasteiger partial charge in [0.2, 0.25) is 0 Å². The van der Waals surface area contributed by atoms with E-state index in [-0.39, 0.29) is 16.6 Å². The Balaban J connectivity index is 2.34. The van der Waals surface area contributed by atoms with E-state index in [1.54, 1.807) is 14.2 Å². The number of methoxy groups -OCH3 is 2. The standard InChI is InChI=1S/C17H28O3/c1-8-13(2)9-10-17-14(3,4)11-16(18-6,19-7)12-15(17,5)20-17/h8-10H,11-12H2,1-7H3/b10-9+,13-8-. The Morgan fingerprint density at radius 1 is 1.10 bits per heavy atom. The lowest BCUT2D eigenvalue weighted by Gasteiger charge is -2.46. The highest BCUT2D eigenvalue weighted by molar-refractivity contribution is 5.35. The van der Waals surface area contributed by atoms with Crippen molar-refractivity contribution in [3.05, 3.63) is 23.8 Å². The first-order valence-electron chi connectivity index (χ1n) is 7.32. The van der Waals surface area contributed by atoms with Crippen molar-refractivity contribution in [2.45, 2.75) is 64.4 Å². The molecule has 0 aromatic carbocycles. The highest BCUT2D eigenvalue weighted by atomic mass is 16.7. The summed E-state index contributed by atoms with van der Waals surface area (Å²) in [5.74, 6) is -0.540. The number of epoxide rings is 1. The van der Waals surface area contributed by atoms with Gasteiger partial charge in [0.1, 0.15) is 11.2 Å². The van der Waals surface area contributed by atoms with Crippen LogP contribution in [0.3, 0.4) is 0 Å². The third-order valence-electron chi connectivity index (χ3n) is 5.23. The van der Waals surface area contributed by atoms with Crippen LogP contribution in [0.15, 0.2) is 23.8 Å². The second-order valence-corrected chi connectivity index (χ2v) is 6.99. The van der Waals surface area contributed by atoms with Crippen LogP contribution in [0.1, 0.15) is 47.5 Å². The normalized spacial score (nSPS) is 38.9. The minimum absolute atomic E-state index is 0.0451. The van der Waals surface area contributed by atoms with E-state index in [0.717, 1.165) is 12.8 Å². The van der Waals surface area contributed by atoms with Gasteiger partial charge in [-0.1, -0.05) is 31.6 Å². The zero-order valence-corrected chi connectivity index (χ0v) is 13.9. The Hall–Kier alpha value is -0.640. The summed E-state index contributed by atoms with van der Waals surface area (Å²) in [7, 11) is 3.44. The fourth-order valence-electron chi connectivity index (χ4n) is 3.89. The van der Waals surface area contributed by atoms with Crippen molar-refractivity contribution >= 4 is 0 Å². The van der Waals surface area contributed by atoms with E-state index >= 15 is 0 Å². The molecule has 0 N–H and O–H groups in total. The molecule has 2 unspecified atom stereocenters. The average Bonchev–Trinajstić information content (AvgIpc) is 3.02. The molecule has 1 aliphatic carbocycles. The summed E-state index contributed by atoms with van der Waals surface area (Å²) in [6, 6.07) is 0. The Kier molecular flexibility index (Phi) is 3.69. The van der Waals surface area contributed by atoms with Gasteiger partial charge in [-0.2, -0.15) is 0 Å². The molecule has 0 amide bonds. The Morgan fingerprint density at radius 3 is 2.15 bits per heavy atom. The molecule has 0 aromatic heterocycles. The van der Waals surface area contributed by atoms with Gasteiger partial charge in [0.15, 0.2) is 5.79 Å². The Morgan fingerprint density at radius 2 is 1.70 bits per heavy atom. The van der Waals surface area contributed by atoms with E-state index in [2.05, 4.69) is 52.8 Å². The van der Waals surface area contributed by atoms with E-state index in [1.807, 2.05) is 0 Å². The number of fused-ring (bicyclic) bond motifs is 1. The SMILES string of the molecule is C/C=C(C)\C=C\C12OC1(C)CC(OC)(OC)CC2(C)C. The van der Waals surface area contributed by atoms with Gasteiger partial charge in [-0.25, -0.2) is 0 Å². The van der Waals surface area contributed by atoms with Crippen LogP contribution in [-0.4, -0.2) is 31.2 Å². The molecular weight excluding hydrogens is 252 g/mol. The molecule has 1 saturated carbocycles. The molecule has 1 aliphatic heterocycles. The van der Waals surface area contributed by atoms with Crippen molar-refractivity contribution < 1.29 is 14.2 Å². The van der Waals surface area contributed by atoms with Crippen molar-refractivity contribution in [2.24, 2.45) is 5.41 Å². The number of ether oxygens (including phenoxy) is 3. The predicted molar refractivity (Wildman–Crippen MR) is 80.6 cm³/mol. The molecule has 3 heteroatoms. The lowest BCUT2D eigenvalue weighted by Crippen LogP contribution is -2.54. The number of hydrogen-bond acceptors (Lipinski definition) is 3. The fourth-order valence-corrected chi connectivity index (χ4v) is 3.89. The maximum Gasteiger partial charge on any atom is 0.171 e. The van der Waals surface area contributed by atoms with E-state index in [9.17, 15) is 0 Å². The van der Waals surface area contributed by atoms with Gasteiger partial charge >= 0.3 is 0 Å². The van der Waals surface area contributed by atoms with Crippen LogP contribution in [0.5, 0.6) is 0 Å². The predicted octanol–water partition coefficient (Wildman–Crippen LogP) is 3.85. The molecule has 1 heterocycles. The second kappa shape index (κ2) is 4.69. The molecule has 0 bridgehead atoms. The van der Waals surface area contributed by atoms with Crippen LogP contribution in [0.2, 0.25) is 0 Å². The molecular formula is C17H28O3. The van der Waals surface area contributed by atoms with Crippen LogP contribution < -0.4 is 0 Å². The number of hydrogen-bond donors (Lipinski definition) is 0. The van der Waals surface area contributed by atoms with Gasteiger partial charge in [0.05, 0.1) is 0 Å². The quantitative estimate of drug-likeness (QED) is 0.445. The second-order valence-electron chi connectivity index (χ2n) is 6.99. The average molecular weight is 280 g/mol. The molecule has 2 aliphatic rings. The molecule has 0 aromatic rings. The zero-order chi connectivity index (χ0) is 15.2. The van der Waals surface area contributed by atoms with Crippen LogP contribution in [0.4, 0.5) is 0 Å². The summed E-state index contributed by atoms with van der Waals surface area (Å²) in [5, 5.41) is 0. The first-order chi connectivity index (χ1) is 9.20. The highest BCUT2D eigenvalue weighted by Crippen LogP contribution is 2.68. The maximum atomic E-state index is 6.25. The topological polar surface area (TPSA) is 31.0 Å². The lowest BCUT2D eigenvalue weighted by atomic mass is 9.61.